The van der Waals surface area contributed by atoms with Crippen LogP contribution in [0.1, 0.15) is 0 Å². The minimum atomic E-state index is 0.946. The van der Waals surface area contributed by atoms with Crippen molar-refractivity contribution in [2.24, 2.45) is 0 Å². The van der Waals surface area contributed by atoms with Gasteiger partial charge in [-0.3, -0.25) is 0 Å². The summed E-state index contributed by atoms with van der Waals surface area (Å²) in [6.45, 7) is 0. The summed E-state index contributed by atoms with van der Waals surface area (Å²) in [4.78, 5) is 0. The van der Waals surface area contributed by atoms with Gasteiger partial charge >= 0.3 is 0 Å². The fraction of sp³-hybridized carbons (Fsp3) is 0. The molecule has 2 heteroatoms. The number of rotatable bonds is 1. The lowest BCUT2D eigenvalue weighted by atomic mass is 10.0. The molecule has 0 bridgehead atoms. The zero-order chi connectivity index (χ0) is 14.5. The Kier molecular flexibility index (Phi) is 2.43. The van der Waals surface area contributed by atoms with Gasteiger partial charge in [0, 0.05) is 21.0 Å². The molecule has 0 N–H and O–H groups in total. The van der Waals surface area contributed by atoms with Crippen LogP contribution < -0.4 is 0 Å². The second-order valence-electron chi connectivity index (χ2n) is 5.45. The number of fused-ring (bicyclic) bond motifs is 4. The average molecular weight is 300 g/mol. The molecule has 22 heavy (non-hydrogen) atoms. The standard InChI is InChI=1S/C20H12OS/c1-2-7-18-16(4-1)17-6-3-5-15(20(17)21-18)14-9-8-13-10-11-22-19(13)12-14/h1-12H. The molecule has 0 fully saturated rings. The highest BCUT2D eigenvalue weighted by Gasteiger charge is 2.11. The summed E-state index contributed by atoms with van der Waals surface area (Å²) in [5.41, 5.74) is 4.28. The van der Waals surface area contributed by atoms with Crippen molar-refractivity contribution in [2.45, 2.75) is 0 Å². The fourth-order valence-electron chi connectivity index (χ4n) is 3.10. The molecule has 2 heterocycles. The van der Waals surface area contributed by atoms with Crippen LogP contribution >= 0.6 is 11.3 Å². The van der Waals surface area contributed by atoms with E-state index in [1.54, 1.807) is 11.3 Å². The maximum absolute atomic E-state index is 6.13. The summed E-state index contributed by atoms with van der Waals surface area (Å²) in [5, 5.41) is 5.79. The van der Waals surface area contributed by atoms with Crippen LogP contribution in [0.15, 0.2) is 76.5 Å². The van der Waals surface area contributed by atoms with Gasteiger partial charge in [0.15, 0.2) is 0 Å². The molecule has 0 aliphatic carbocycles. The maximum atomic E-state index is 6.13. The summed E-state index contributed by atoms with van der Waals surface area (Å²) in [7, 11) is 0. The Hall–Kier alpha value is -2.58. The zero-order valence-corrected chi connectivity index (χ0v) is 12.6. The number of benzene rings is 3. The highest BCUT2D eigenvalue weighted by Crippen LogP contribution is 2.37. The van der Waals surface area contributed by atoms with Crippen molar-refractivity contribution >= 4 is 43.4 Å². The predicted molar refractivity (Wildman–Crippen MR) is 94.5 cm³/mol. The molecule has 2 aromatic heterocycles. The molecule has 5 aromatic rings. The van der Waals surface area contributed by atoms with E-state index in [2.05, 4.69) is 60.0 Å². The Labute approximate surface area is 131 Å². The fourth-order valence-corrected chi connectivity index (χ4v) is 3.93. The molecule has 0 aliphatic rings. The molecule has 3 aromatic carbocycles. The summed E-state index contributed by atoms with van der Waals surface area (Å²) < 4.78 is 7.45. The van der Waals surface area contributed by atoms with Gasteiger partial charge in [-0.2, -0.15) is 0 Å². The van der Waals surface area contributed by atoms with Crippen molar-refractivity contribution in [1.29, 1.82) is 0 Å². The van der Waals surface area contributed by atoms with Crippen molar-refractivity contribution < 1.29 is 4.42 Å². The molecule has 5 rings (SSSR count). The number of furan rings is 1. The topological polar surface area (TPSA) is 13.1 Å². The van der Waals surface area contributed by atoms with E-state index in [1.165, 1.54) is 26.4 Å². The lowest BCUT2D eigenvalue weighted by Crippen LogP contribution is -1.78. The summed E-state index contributed by atoms with van der Waals surface area (Å²) in [6, 6.07) is 23.4. The van der Waals surface area contributed by atoms with Crippen LogP contribution in [0.4, 0.5) is 0 Å². The summed E-state index contributed by atoms with van der Waals surface area (Å²) in [6.07, 6.45) is 0. The van der Waals surface area contributed by atoms with Crippen LogP contribution in [0.5, 0.6) is 0 Å². The monoisotopic (exact) mass is 300 g/mol. The van der Waals surface area contributed by atoms with Crippen molar-refractivity contribution in [3.05, 3.63) is 72.1 Å². The molecule has 104 valence electrons. The molecule has 0 aliphatic heterocycles. The van der Waals surface area contributed by atoms with Gasteiger partial charge in [0.05, 0.1) is 0 Å². The third kappa shape index (κ3) is 1.65. The van der Waals surface area contributed by atoms with E-state index in [0.717, 1.165) is 16.7 Å². The van der Waals surface area contributed by atoms with E-state index in [-0.39, 0.29) is 0 Å². The van der Waals surface area contributed by atoms with Gasteiger partial charge in [0.1, 0.15) is 11.2 Å². The number of hydrogen-bond acceptors (Lipinski definition) is 2. The number of hydrogen-bond donors (Lipinski definition) is 0. The van der Waals surface area contributed by atoms with Crippen molar-refractivity contribution in [2.75, 3.05) is 0 Å². The van der Waals surface area contributed by atoms with E-state index in [0.29, 0.717) is 0 Å². The van der Waals surface area contributed by atoms with E-state index in [4.69, 9.17) is 4.42 Å². The Morgan fingerprint density at radius 1 is 0.773 bits per heavy atom. The maximum Gasteiger partial charge on any atom is 0.143 e. The second kappa shape index (κ2) is 4.46. The molecule has 0 spiro atoms. The van der Waals surface area contributed by atoms with Gasteiger partial charge < -0.3 is 4.42 Å². The number of thiophene rings is 1. The average Bonchev–Trinajstić information content (AvgIpc) is 3.18. The molecule has 1 nitrogen and oxygen atoms in total. The lowest BCUT2D eigenvalue weighted by molar-refractivity contribution is 0.670. The second-order valence-corrected chi connectivity index (χ2v) is 6.40. The van der Waals surface area contributed by atoms with E-state index < -0.39 is 0 Å². The van der Waals surface area contributed by atoms with E-state index >= 15 is 0 Å². The third-order valence-electron chi connectivity index (χ3n) is 4.17. The molecule has 0 saturated heterocycles. The third-order valence-corrected chi connectivity index (χ3v) is 5.05. The zero-order valence-electron chi connectivity index (χ0n) is 11.7. The Balaban J connectivity index is 1.86. The molecule has 0 saturated carbocycles. The quantitative estimate of drug-likeness (QED) is 0.346. The largest absolute Gasteiger partial charge is 0.455 e. The first-order chi connectivity index (χ1) is 10.9. The highest BCUT2D eigenvalue weighted by atomic mass is 32.1. The van der Waals surface area contributed by atoms with Crippen molar-refractivity contribution in [3.63, 3.8) is 0 Å². The Morgan fingerprint density at radius 3 is 2.68 bits per heavy atom. The minimum Gasteiger partial charge on any atom is -0.455 e. The van der Waals surface area contributed by atoms with Gasteiger partial charge in [-0.15, -0.1) is 11.3 Å². The van der Waals surface area contributed by atoms with E-state index in [9.17, 15) is 0 Å². The minimum absolute atomic E-state index is 0.946. The molecule has 0 radical (unpaired) electrons. The molecular formula is C20H12OS. The van der Waals surface area contributed by atoms with E-state index in [1.807, 2.05) is 12.1 Å². The summed E-state index contributed by atoms with van der Waals surface area (Å²) >= 11 is 1.78. The van der Waals surface area contributed by atoms with Crippen molar-refractivity contribution in [3.8, 4) is 11.1 Å². The number of para-hydroxylation sites is 2. The lowest BCUT2D eigenvalue weighted by Gasteiger charge is -2.03. The van der Waals surface area contributed by atoms with Crippen LogP contribution in [0.25, 0.3) is 43.2 Å². The van der Waals surface area contributed by atoms with Crippen LogP contribution in [0.2, 0.25) is 0 Å². The first-order valence-electron chi connectivity index (χ1n) is 7.28. The first-order valence-corrected chi connectivity index (χ1v) is 8.16. The molecule has 0 amide bonds. The van der Waals surface area contributed by atoms with Gasteiger partial charge in [0.25, 0.3) is 0 Å². The Morgan fingerprint density at radius 2 is 1.68 bits per heavy atom. The van der Waals surface area contributed by atoms with Gasteiger partial charge in [0.2, 0.25) is 0 Å². The van der Waals surface area contributed by atoms with Gasteiger partial charge in [-0.1, -0.05) is 48.5 Å². The normalized spacial score (nSPS) is 11.6. The Bertz CT molecular complexity index is 1130. The SMILES string of the molecule is c1ccc2c(c1)oc1c(-c3ccc4ccsc4c3)cccc12. The van der Waals surface area contributed by atoms with Gasteiger partial charge in [-0.25, -0.2) is 0 Å². The van der Waals surface area contributed by atoms with Crippen LogP contribution in [-0.2, 0) is 0 Å². The van der Waals surface area contributed by atoms with Crippen molar-refractivity contribution in [1.82, 2.24) is 0 Å². The van der Waals surface area contributed by atoms with Gasteiger partial charge in [-0.05, 0) is 34.5 Å². The predicted octanol–water partition coefficient (Wildman–Crippen LogP) is 6.47. The molecular weight excluding hydrogens is 288 g/mol. The summed E-state index contributed by atoms with van der Waals surface area (Å²) in [5.74, 6) is 0. The smallest absolute Gasteiger partial charge is 0.143 e. The molecule has 0 unspecified atom stereocenters. The van der Waals surface area contributed by atoms with Crippen LogP contribution in [0.3, 0.4) is 0 Å². The first kappa shape index (κ1) is 12.0. The van der Waals surface area contributed by atoms with Crippen LogP contribution in [-0.4, -0.2) is 0 Å². The molecule has 0 atom stereocenters. The van der Waals surface area contributed by atoms with Crippen LogP contribution in [0, 0.1) is 0 Å². The highest BCUT2D eigenvalue weighted by molar-refractivity contribution is 7.17.